The number of benzene rings is 1. The molecular formula is C16H13F3N2O4. The Balaban J connectivity index is 2.34. The number of pyridine rings is 1. The topological polar surface area (TPSA) is 99.3 Å². The third-order valence-electron chi connectivity index (χ3n) is 3.39. The van der Waals surface area contributed by atoms with Gasteiger partial charge >= 0.3 is 12.1 Å². The molecule has 1 amide bonds. The number of aromatic amines is 1. The summed E-state index contributed by atoms with van der Waals surface area (Å²) in [5, 5.41) is 10.6. The Labute approximate surface area is 139 Å². The zero-order valence-electron chi connectivity index (χ0n) is 12.8. The molecule has 3 N–H and O–H groups in total. The summed E-state index contributed by atoms with van der Waals surface area (Å²) in [5.41, 5.74) is -1.35. The lowest BCUT2D eigenvalue weighted by Crippen LogP contribution is -2.40. The average molecular weight is 354 g/mol. The van der Waals surface area contributed by atoms with Crippen LogP contribution in [0.15, 0.2) is 41.2 Å². The lowest BCUT2D eigenvalue weighted by atomic mass is 10.0. The van der Waals surface area contributed by atoms with Crippen LogP contribution in [0.3, 0.4) is 0 Å². The van der Waals surface area contributed by atoms with Gasteiger partial charge in [-0.05, 0) is 36.8 Å². The van der Waals surface area contributed by atoms with Crippen molar-refractivity contribution in [2.24, 2.45) is 0 Å². The van der Waals surface area contributed by atoms with Gasteiger partial charge in [0.2, 0.25) is 0 Å². The Morgan fingerprint density at radius 3 is 2.20 bits per heavy atom. The highest BCUT2D eigenvalue weighted by Crippen LogP contribution is 2.33. The van der Waals surface area contributed by atoms with E-state index in [1.165, 1.54) is 6.07 Å². The average Bonchev–Trinajstić information content (AvgIpc) is 2.51. The maximum atomic E-state index is 13.3. The second kappa shape index (κ2) is 6.80. The minimum absolute atomic E-state index is 0.189. The summed E-state index contributed by atoms with van der Waals surface area (Å²) >= 11 is 0. The van der Waals surface area contributed by atoms with Crippen molar-refractivity contribution < 1.29 is 27.9 Å². The van der Waals surface area contributed by atoms with Crippen molar-refractivity contribution in [1.82, 2.24) is 10.3 Å². The molecule has 2 rings (SSSR count). The monoisotopic (exact) mass is 354 g/mol. The van der Waals surface area contributed by atoms with Crippen LogP contribution in [0, 0.1) is 6.92 Å². The van der Waals surface area contributed by atoms with Gasteiger partial charge in [-0.15, -0.1) is 0 Å². The van der Waals surface area contributed by atoms with Crippen molar-refractivity contribution in [2.75, 3.05) is 0 Å². The van der Waals surface area contributed by atoms with Gasteiger partial charge in [-0.2, -0.15) is 13.2 Å². The first-order valence-corrected chi connectivity index (χ1v) is 7.00. The Bertz CT molecular complexity index is 857. The Hall–Kier alpha value is -3.10. The Kier molecular flexibility index (Phi) is 4.96. The largest absolute Gasteiger partial charge is 0.478 e. The van der Waals surface area contributed by atoms with Crippen LogP contribution >= 0.6 is 0 Å². The van der Waals surface area contributed by atoms with E-state index in [2.05, 4.69) is 4.98 Å². The van der Waals surface area contributed by atoms with Gasteiger partial charge in [0, 0.05) is 5.69 Å². The quantitative estimate of drug-likeness (QED) is 0.785. The molecule has 0 saturated heterocycles. The lowest BCUT2D eigenvalue weighted by Gasteiger charge is -2.22. The van der Waals surface area contributed by atoms with Gasteiger partial charge in [0.15, 0.2) is 6.04 Å². The minimum Gasteiger partial charge on any atom is -0.478 e. The Morgan fingerprint density at radius 1 is 1.12 bits per heavy atom. The number of H-pyrrole nitrogens is 1. The normalized spacial score (nSPS) is 12.5. The number of aromatic nitrogens is 1. The van der Waals surface area contributed by atoms with Gasteiger partial charge in [0.25, 0.3) is 11.5 Å². The molecule has 0 bridgehead atoms. The molecule has 2 aromatic rings. The van der Waals surface area contributed by atoms with Gasteiger partial charge < -0.3 is 15.4 Å². The molecule has 1 heterocycles. The van der Waals surface area contributed by atoms with E-state index in [4.69, 9.17) is 5.11 Å². The van der Waals surface area contributed by atoms with E-state index in [0.717, 1.165) is 30.3 Å². The number of halogens is 3. The van der Waals surface area contributed by atoms with E-state index in [9.17, 15) is 27.6 Å². The molecule has 9 heteroatoms. The number of aryl methyl sites for hydroxylation is 1. The zero-order valence-corrected chi connectivity index (χ0v) is 12.8. The van der Waals surface area contributed by atoms with Gasteiger partial charge in [-0.25, -0.2) is 4.79 Å². The number of rotatable bonds is 4. The van der Waals surface area contributed by atoms with Gasteiger partial charge in [0.1, 0.15) is 5.56 Å². The molecule has 0 fully saturated rings. The molecule has 1 aromatic carbocycles. The van der Waals surface area contributed by atoms with E-state index < -0.39 is 35.2 Å². The van der Waals surface area contributed by atoms with Crippen molar-refractivity contribution in [3.8, 4) is 0 Å². The van der Waals surface area contributed by atoms with Crippen LogP contribution in [-0.2, 0) is 0 Å². The first-order chi connectivity index (χ1) is 11.6. The number of amides is 1. The van der Waals surface area contributed by atoms with Crippen LogP contribution in [0.2, 0.25) is 0 Å². The number of nitrogens with one attached hydrogen (secondary N) is 2. The molecule has 6 nitrogen and oxygen atoms in total. The Morgan fingerprint density at radius 2 is 1.72 bits per heavy atom. The number of hydrogen-bond acceptors (Lipinski definition) is 3. The molecule has 0 radical (unpaired) electrons. The highest BCUT2D eigenvalue weighted by atomic mass is 19.4. The minimum atomic E-state index is -4.84. The third-order valence-corrected chi connectivity index (χ3v) is 3.39. The fourth-order valence-electron chi connectivity index (χ4n) is 2.13. The molecule has 1 unspecified atom stereocenters. The number of carboxylic acid groups (broad SMARTS) is 1. The number of hydrogen-bond donors (Lipinski definition) is 3. The summed E-state index contributed by atoms with van der Waals surface area (Å²) in [6, 6.07) is 4.05. The summed E-state index contributed by atoms with van der Waals surface area (Å²) in [5.74, 6) is -2.48. The second-order valence-electron chi connectivity index (χ2n) is 5.26. The number of carboxylic acids is 1. The number of aromatic carboxylic acids is 1. The molecule has 1 atom stereocenters. The zero-order chi connectivity index (χ0) is 18.8. The molecule has 0 aliphatic rings. The molecule has 0 saturated carbocycles. The van der Waals surface area contributed by atoms with E-state index in [-0.39, 0.29) is 11.1 Å². The van der Waals surface area contributed by atoms with Crippen LogP contribution in [0.1, 0.15) is 38.0 Å². The van der Waals surface area contributed by atoms with Crippen LogP contribution in [0.4, 0.5) is 13.2 Å². The maximum Gasteiger partial charge on any atom is 0.412 e. The van der Waals surface area contributed by atoms with Crippen molar-refractivity contribution in [3.05, 3.63) is 69.1 Å². The molecule has 25 heavy (non-hydrogen) atoms. The fourth-order valence-corrected chi connectivity index (χ4v) is 2.13. The summed E-state index contributed by atoms with van der Waals surface area (Å²) in [7, 11) is 0. The molecule has 132 valence electrons. The van der Waals surface area contributed by atoms with Crippen molar-refractivity contribution in [1.29, 1.82) is 0 Å². The van der Waals surface area contributed by atoms with Crippen LogP contribution in [0.25, 0.3) is 0 Å². The third kappa shape index (κ3) is 4.25. The molecule has 1 aromatic heterocycles. The SMILES string of the molecule is Cc1ccc(C(=O)NC(c2ccc(C(=O)O)cc2)C(F)(F)F)c(=O)[nH]1. The maximum absolute atomic E-state index is 13.3. The predicted octanol–water partition coefficient (Wildman–Crippen LogP) is 2.41. The predicted molar refractivity (Wildman–Crippen MR) is 81.5 cm³/mol. The van der Waals surface area contributed by atoms with E-state index >= 15 is 0 Å². The van der Waals surface area contributed by atoms with Crippen LogP contribution < -0.4 is 10.9 Å². The highest BCUT2D eigenvalue weighted by Gasteiger charge is 2.42. The van der Waals surface area contributed by atoms with Crippen molar-refractivity contribution in [2.45, 2.75) is 19.1 Å². The molecule has 0 aliphatic carbocycles. The first-order valence-electron chi connectivity index (χ1n) is 7.00. The van der Waals surface area contributed by atoms with Gasteiger partial charge in [-0.1, -0.05) is 12.1 Å². The second-order valence-corrected chi connectivity index (χ2v) is 5.26. The number of carbonyl (C=O) groups is 2. The van der Waals surface area contributed by atoms with Gasteiger partial charge in [-0.3, -0.25) is 9.59 Å². The standard InChI is InChI=1S/C16H13F3N2O4/c1-8-2-7-11(13(22)20-8)14(23)21-12(16(17,18)19)9-3-5-10(6-4-9)15(24)25/h2-7,12H,1H3,(H,20,22)(H,21,23)(H,24,25). The number of alkyl halides is 3. The van der Waals surface area contributed by atoms with Crippen molar-refractivity contribution >= 4 is 11.9 Å². The smallest absolute Gasteiger partial charge is 0.412 e. The van der Waals surface area contributed by atoms with Crippen LogP contribution in [-0.4, -0.2) is 28.1 Å². The van der Waals surface area contributed by atoms with E-state index in [1.54, 1.807) is 12.2 Å². The summed E-state index contributed by atoms with van der Waals surface area (Å²) in [4.78, 5) is 36.9. The van der Waals surface area contributed by atoms with E-state index in [1.807, 2.05) is 0 Å². The first kappa shape index (κ1) is 18.2. The van der Waals surface area contributed by atoms with Crippen LogP contribution in [0.5, 0.6) is 0 Å². The molecule has 0 aliphatic heterocycles. The number of carbonyl (C=O) groups excluding carboxylic acids is 1. The van der Waals surface area contributed by atoms with E-state index in [0.29, 0.717) is 5.69 Å². The summed E-state index contributed by atoms with van der Waals surface area (Å²) in [6.07, 6.45) is -4.84. The molecular weight excluding hydrogens is 341 g/mol. The molecule has 0 spiro atoms. The van der Waals surface area contributed by atoms with Gasteiger partial charge in [0.05, 0.1) is 5.56 Å². The fraction of sp³-hybridized carbons (Fsp3) is 0.188. The summed E-state index contributed by atoms with van der Waals surface area (Å²) < 4.78 is 39.9. The summed E-state index contributed by atoms with van der Waals surface area (Å²) in [6.45, 7) is 1.56. The highest BCUT2D eigenvalue weighted by molar-refractivity contribution is 5.94. The lowest BCUT2D eigenvalue weighted by molar-refractivity contribution is -0.155. The van der Waals surface area contributed by atoms with Crippen molar-refractivity contribution in [3.63, 3.8) is 0 Å².